The summed E-state index contributed by atoms with van der Waals surface area (Å²) in [5.41, 5.74) is 3.77. The molecule has 3 nitrogen and oxygen atoms in total. The Labute approximate surface area is 134 Å². The van der Waals surface area contributed by atoms with Gasteiger partial charge in [-0.2, -0.15) is 0 Å². The zero-order valence-electron chi connectivity index (χ0n) is 12.5. The van der Waals surface area contributed by atoms with E-state index < -0.39 is 11.8 Å². The van der Waals surface area contributed by atoms with Crippen LogP contribution in [-0.2, 0) is 22.7 Å². The zero-order valence-corrected chi connectivity index (χ0v) is 12.5. The Morgan fingerprint density at radius 2 is 1.91 bits per heavy atom. The predicted molar refractivity (Wildman–Crippen MR) is 86.1 cm³/mol. The normalized spacial score (nSPS) is 17.3. The lowest BCUT2D eigenvalue weighted by Crippen LogP contribution is -2.28. The molecule has 1 atom stereocenters. The molecule has 0 spiro atoms. The van der Waals surface area contributed by atoms with Crippen molar-refractivity contribution in [1.82, 2.24) is 4.90 Å². The third-order valence-corrected chi connectivity index (χ3v) is 4.09. The molecule has 0 fully saturated rings. The molecule has 4 heteroatoms. The van der Waals surface area contributed by atoms with Crippen molar-refractivity contribution >= 4 is 18.1 Å². The number of halogens is 1. The van der Waals surface area contributed by atoms with Crippen LogP contribution in [-0.4, -0.2) is 17.0 Å². The van der Waals surface area contributed by atoms with Gasteiger partial charge in [0, 0.05) is 13.1 Å². The van der Waals surface area contributed by atoms with Gasteiger partial charge in [-0.25, -0.2) is 4.39 Å². The summed E-state index contributed by atoms with van der Waals surface area (Å²) in [5.74, 6) is -0.424. The molecule has 1 unspecified atom stereocenters. The number of aldehydes is 1. The number of fused-ring (bicyclic) bond motifs is 1. The number of hydrogen-bond donors (Lipinski definition) is 0. The molecule has 0 N–H and O–H groups in total. The number of carbonyl (C=O) groups is 2. The van der Waals surface area contributed by atoms with Crippen LogP contribution in [0, 0.1) is 0 Å². The van der Waals surface area contributed by atoms with Gasteiger partial charge in [0.05, 0.1) is 6.33 Å². The zero-order chi connectivity index (χ0) is 16.2. The van der Waals surface area contributed by atoms with Gasteiger partial charge >= 0.3 is 0 Å². The van der Waals surface area contributed by atoms with Gasteiger partial charge < -0.3 is 0 Å². The lowest BCUT2D eigenvalue weighted by Gasteiger charge is -2.22. The average Bonchev–Trinajstić information content (AvgIpc) is 2.94. The summed E-state index contributed by atoms with van der Waals surface area (Å²) < 4.78 is 12.2. The van der Waals surface area contributed by atoms with Gasteiger partial charge in [0.1, 0.15) is 6.04 Å². The fraction of sp³-hybridized carbons (Fsp3) is 0.158. The molecule has 23 heavy (non-hydrogen) atoms. The van der Waals surface area contributed by atoms with E-state index in [4.69, 9.17) is 0 Å². The van der Waals surface area contributed by atoms with Crippen molar-refractivity contribution in [3.63, 3.8) is 0 Å². The molecule has 1 aliphatic heterocycles. The van der Waals surface area contributed by atoms with Crippen molar-refractivity contribution in [1.29, 1.82) is 0 Å². The Bertz CT molecular complexity index is 752. The van der Waals surface area contributed by atoms with E-state index in [0.29, 0.717) is 25.7 Å². The molecule has 2 aromatic rings. The van der Waals surface area contributed by atoms with Gasteiger partial charge in [0.15, 0.2) is 6.29 Å². The summed E-state index contributed by atoms with van der Waals surface area (Å²) in [6.45, 7) is 1.19. The smallest absolute Gasteiger partial charge is 0.216 e. The fourth-order valence-electron chi connectivity index (χ4n) is 3.04. The molecule has 0 amide bonds. The first-order chi connectivity index (χ1) is 11.2. The van der Waals surface area contributed by atoms with Gasteiger partial charge in [-0.1, -0.05) is 48.5 Å². The summed E-state index contributed by atoms with van der Waals surface area (Å²) >= 11 is 0. The number of carbonyl (C=O) groups excluding carboxylic acids is 2. The molecular formula is C19H16FNO2. The Kier molecular flexibility index (Phi) is 4.44. The lowest BCUT2D eigenvalue weighted by molar-refractivity contribution is -0.133. The van der Waals surface area contributed by atoms with Gasteiger partial charge in [-0.05, 0) is 28.3 Å². The third-order valence-electron chi connectivity index (χ3n) is 4.09. The Balaban J connectivity index is 1.84. The number of rotatable bonds is 5. The van der Waals surface area contributed by atoms with Crippen molar-refractivity contribution in [3.8, 4) is 0 Å². The van der Waals surface area contributed by atoms with Crippen LogP contribution in [0.3, 0.4) is 0 Å². The van der Waals surface area contributed by atoms with E-state index in [1.807, 2.05) is 53.4 Å². The minimum absolute atomic E-state index is 0.398. The van der Waals surface area contributed by atoms with Crippen molar-refractivity contribution in [2.75, 3.05) is 0 Å². The highest BCUT2D eigenvalue weighted by Crippen LogP contribution is 2.35. The largest absolute Gasteiger partial charge is 0.295 e. The van der Waals surface area contributed by atoms with Crippen molar-refractivity contribution in [2.45, 2.75) is 19.1 Å². The second-order valence-corrected chi connectivity index (χ2v) is 5.56. The van der Waals surface area contributed by atoms with Crippen LogP contribution in [0.15, 0.2) is 54.9 Å². The van der Waals surface area contributed by atoms with Crippen LogP contribution in [0.1, 0.15) is 28.3 Å². The van der Waals surface area contributed by atoms with Crippen LogP contribution in [0.5, 0.6) is 0 Å². The van der Waals surface area contributed by atoms with Gasteiger partial charge in [0.2, 0.25) is 5.78 Å². The first-order valence-electron chi connectivity index (χ1n) is 7.39. The monoisotopic (exact) mass is 309 g/mol. The van der Waals surface area contributed by atoms with E-state index in [0.717, 1.165) is 22.3 Å². The number of benzene rings is 2. The van der Waals surface area contributed by atoms with Crippen molar-refractivity contribution in [3.05, 3.63) is 77.1 Å². The number of ketones is 1. The first-order valence-corrected chi connectivity index (χ1v) is 7.39. The molecule has 0 saturated carbocycles. The highest BCUT2D eigenvalue weighted by Gasteiger charge is 2.34. The number of nitrogens with zero attached hydrogens (tertiary/aromatic N) is 1. The SMILES string of the molecule is O=CC(=O)C1c2ccccc2CN1Cc1ccc(C=CF)cc1. The topological polar surface area (TPSA) is 37.4 Å². The van der Waals surface area contributed by atoms with E-state index in [1.165, 1.54) is 6.08 Å². The van der Waals surface area contributed by atoms with E-state index >= 15 is 0 Å². The molecule has 116 valence electrons. The maximum atomic E-state index is 12.2. The predicted octanol–water partition coefficient (Wildman–Crippen LogP) is 3.45. The quantitative estimate of drug-likeness (QED) is 0.627. The second kappa shape index (κ2) is 6.67. The molecule has 2 aromatic carbocycles. The fourth-order valence-corrected chi connectivity index (χ4v) is 3.04. The Morgan fingerprint density at radius 3 is 2.61 bits per heavy atom. The van der Waals surface area contributed by atoms with Crippen LogP contribution in [0.25, 0.3) is 6.08 Å². The molecule has 3 rings (SSSR count). The molecule has 0 radical (unpaired) electrons. The van der Waals surface area contributed by atoms with Crippen LogP contribution < -0.4 is 0 Å². The molecule has 0 bridgehead atoms. The second-order valence-electron chi connectivity index (χ2n) is 5.56. The van der Waals surface area contributed by atoms with Crippen molar-refractivity contribution < 1.29 is 14.0 Å². The maximum absolute atomic E-state index is 12.2. The summed E-state index contributed by atoms with van der Waals surface area (Å²) in [7, 11) is 0. The van der Waals surface area contributed by atoms with Crippen LogP contribution in [0.4, 0.5) is 4.39 Å². The summed E-state index contributed by atoms with van der Waals surface area (Å²) in [4.78, 5) is 25.0. The first kappa shape index (κ1) is 15.3. The average molecular weight is 309 g/mol. The van der Waals surface area contributed by atoms with Gasteiger partial charge in [-0.3, -0.25) is 14.5 Å². The highest BCUT2D eigenvalue weighted by molar-refractivity contribution is 6.27. The van der Waals surface area contributed by atoms with Gasteiger partial charge in [-0.15, -0.1) is 0 Å². The number of hydrogen-bond acceptors (Lipinski definition) is 3. The van der Waals surface area contributed by atoms with E-state index in [-0.39, 0.29) is 0 Å². The Hall–Kier alpha value is -2.59. The molecular weight excluding hydrogens is 293 g/mol. The van der Waals surface area contributed by atoms with E-state index in [1.54, 1.807) is 0 Å². The van der Waals surface area contributed by atoms with E-state index in [9.17, 15) is 14.0 Å². The van der Waals surface area contributed by atoms with Crippen LogP contribution >= 0.6 is 0 Å². The molecule has 1 heterocycles. The Morgan fingerprint density at radius 1 is 1.17 bits per heavy atom. The minimum Gasteiger partial charge on any atom is -0.295 e. The molecule has 0 aromatic heterocycles. The van der Waals surface area contributed by atoms with E-state index in [2.05, 4.69) is 0 Å². The summed E-state index contributed by atoms with van der Waals surface area (Å²) in [5, 5.41) is 0. The third kappa shape index (κ3) is 3.12. The highest BCUT2D eigenvalue weighted by atomic mass is 19.1. The lowest BCUT2D eigenvalue weighted by atomic mass is 10.0. The minimum atomic E-state index is -0.519. The maximum Gasteiger partial charge on any atom is 0.216 e. The van der Waals surface area contributed by atoms with Crippen molar-refractivity contribution in [2.24, 2.45) is 0 Å². The van der Waals surface area contributed by atoms with Crippen LogP contribution in [0.2, 0.25) is 0 Å². The van der Waals surface area contributed by atoms with Gasteiger partial charge in [0.25, 0.3) is 0 Å². The molecule has 0 saturated heterocycles. The molecule has 0 aliphatic carbocycles. The standard InChI is InChI=1S/C19H16FNO2/c20-10-9-14-5-7-15(8-6-14)11-21-12-16-3-1-2-4-17(16)19(21)18(23)13-22/h1-10,13,19H,11-12H2. The number of Topliss-reactive ketones (excluding diaryl/α,β-unsaturated/α-hetero) is 1. The summed E-state index contributed by atoms with van der Waals surface area (Å²) in [6, 6.07) is 14.6. The molecule has 1 aliphatic rings. The summed E-state index contributed by atoms with van der Waals surface area (Å²) in [6.07, 6.45) is 2.29.